The Labute approximate surface area is 120 Å². The number of carbonyl (C=O) groups excluding carboxylic acids is 1. The van der Waals surface area contributed by atoms with Crippen LogP contribution < -0.4 is 10.6 Å². The van der Waals surface area contributed by atoms with Gasteiger partial charge in [-0.2, -0.15) is 0 Å². The van der Waals surface area contributed by atoms with Gasteiger partial charge in [-0.15, -0.1) is 0 Å². The fourth-order valence-corrected chi connectivity index (χ4v) is 2.43. The average Bonchev–Trinajstić information content (AvgIpc) is 2.78. The van der Waals surface area contributed by atoms with E-state index in [-0.39, 0.29) is 6.10 Å². The number of hydrogen-bond donors (Lipinski definition) is 3. The largest absolute Gasteiger partial charge is 0.480 e. The number of carboxylic acids is 1. The summed E-state index contributed by atoms with van der Waals surface area (Å²) in [6, 6.07) is -1.35. The highest BCUT2D eigenvalue weighted by Crippen LogP contribution is 2.22. The minimum atomic E-state index is -1.02. The van der Waals surface area contributed by atoms with E-state index in [9.17, 15) is 9.59 Å². The highest BCUT2D eigenvalue weighted by Gasteiger charge is 2.33. The minimum Gasteiger partial charge on any atom is -0.480 e. The Morgan fingerprint density at radius 3 is 2.55 bits per heavy atom. The number of rotatable bonds is 5. The molecule has 0 aromatic rings. The Morgan fingerprint density at radius 2 is 2.05 bits per heavy atom. The molecule has 1 aliphatic heterocycles. The van der Waals surface area contributed by atoms with Crippen LogP contribution >= 0.6 is 0 Å². The summed E-state index contributed by atoms with van der Waals surface area (Å²) in [5.74, 6) is -0.716. The lowest BCUT2D eigenvalue weighted by molar-refractivity contribution is -0.141. The standard InChI is InChI=1S/C14H26N2O4/c1-5-10-9(6-7-20-10)8-15-13(19)16-11(12(17)18)14(2,3)4/h9-11H,5-8H2,1-4H3,(H,17,18)(H2,15,16,19)/t9?,10?,11-/m0/s1. The second-order valence-corrected chi connectivity index (χ2v) is 6.36. The van der Waals surface area contributed by atoms with E-state index in [4.69, 9.17) is 9.84 Å². The summed E-state index contributed by atoms with van der Waals surface area (Å²) in [5, 5.41) is 14.4. The van der Waals surface area contributed by atoms with Gasteiger partial charge in [-0.25, -0.2) is 9.59 Å². The SMILES string of the molecule is CCC1OCCC1CNC(=O)N[C@@H](C(=O)O)C(C)(C)C. The van der Waals surface area contributed by atoms with Crippen LogP contribution in [-0.4, -0.2) is 42.4 Å². The molecule has 2 unspecified atom stereocenters. The molecule has 1 rings (SSSR count). The van der Waals surface area contributed by atoms with Crippen LogP contribution in [0.2, 0.25) is 0 Å². The van der Waals surface area contributed by atoms with E-state index in [1.54, 1.807) is 20.8 Å². The van der Waals surface area contributed by atoms with Gasteiger partial charge in [-0.05, 0) is 18.3 Å². The molecule has 0 aromatic carbocycles. The van der Waals surface area contributed by atoms with Crippen molar-refractivity contribution in [2.75, 3.05) is 13.2 Å². The molecule has 1 fully saturated rings. The fourth-order valence-electron chi connectivity index (χ4n) is 2.43. The first-order chi connectivity index (χ1) is 9.25. The Bertz CT molecular complexity index is 352. The predicted octanol–water partition coefficient (Wildman–Crippen LogP) is 1.60. The molecule has 0 radical (unpaired) electrons. The third-order valence-electron chi connectivity index (χ3n) is 3.66. The van der Waals surface area contributed by atoms with Gasteiger partial charge < -0.3 is 20.5 Å². The second kappa shape index (κ2) is 6.92. The van der Waals surface area contributed by atoms with Crippen LogP contribution in [0.5, 0.6) is 0 Å². The van der Waals surface area contributed by atoms with Gasteiger partial charge in [0, 0.05) is 19.1 Å². The first-order valence-electron chi connectivity index (χ1n) is 7.14. The maximum Gasteiger partial charge on any atom is 0.326 e. The van der Waals surface area contributed by atoms with Crippen LogP contribution in [0, 0.1) is 11.3 Å². The number of hydrogen-bond acceptors (Lipinski definition) is 3. The summed E-state index contributed by atoms with van der Waals surface area (Å²) in [6.07, 6.45) is 2.04. The van der Waals surface area contributed by atoms with Gasteiger partial charge in [-0.3, -0.25) is 0 Å². The van der Waals surface area contributed by atoms with Crippen molar-refractivity contribution >= 4 is 12.0 Å². The zero-order valence-corrected chi connectivity index (χ0v) is 12.7. The maximum atomic E-state index is 11.8. The summed E-state index contributed by atoms with van der Waals surface area (Å²) in [4.78, 5) is 23.0. The lowest BCUT2D eigenvalue weighted by Gasteiger charge is -2.28. The van der Waals surface area contributed by atoms with Crippen LogP contribution in [-0.2, 0) is 9.53 Å². The van der Waals surface area contributed by atoms with Gasteiger partial charge in [0.15, 0.2) is 0 Å². The molecule has 3 atom stereocenters. The third kappa shape index (κ3) is 4.67. The van der Waals surface area contributed by atoms with Crippen LogP contribution in [0.15, 0.2) is 0 Å². The zero-order chi connectivity index (χ0) is 15.3. The number of amides is 2. The molecule has 20 heavy (non-hydrogen) atoms. The number of carboxylic acid groups (broad SMARTS) is 1. The number of carbonyl (C=O) groups is 2. The first kappa shape index (κ1) is 16.8. The number of urea groups is 1. The molecule has 116 valence electrons. The molecule has 2 amide bonds. The van der Waals surface area contributed by atoms with E-state index >= 15 is 0 Å². The molecule has 1 aliphatic rings. The van der Waals surface area contributed by atoms with E-state index in [1.165, 1.54) is 0 Å². The van der Waals surface area contributed by atoms with Gasteiger partial charge in [0.25, 0.3) is 0 Å². The van der Waals surface area contributed by atoms with E-state index in [0.717, 1.165) is 19.4 Å². The maximum absolute atomic E-state index is 11.8. The molecule has 6 nitrogen and oxygen atoms in total. The highest BCUT2D eigenvalue weighted by atomic mass is 16.5. The lowest BCUT2D eigenvalue weighted by atomic mass is 9.87. The van der Waals surface area contributed by atoms with E-state index < -0.39 is 23.5 Å². The number of nitrogens with one attached hydrogen (secondary N) is 2. The van der Waals surface area contributed by atoms with Crippen LogP contribution in [0.1, 0.15) is 40.5 Å². The fraction of sp³-hybridized carbons (Fsp3) is 0.857. The van der Waals surface area contributed by atoms with Crippen molar-refractivity contribution in [3.63, 3.8) is 0 Å². The summed E-state index contributed by atoms with van der Waals surface area (Å²) in [5.41, 5.74) is -0.536. The van der Waals surface area contributed by atoms with Crippen LogP contribution in [0.3, 0.4) is 0 Å². The van der Waals surface area contributed by atoms with Crippen LogP contribution in [0.4, 0.5) is 4.79 Å². The van der Waals surface area contributed by atoms with E-state index in [2.05, 4.69) is 17.6 Å². The monoisotopic (exact) mass is 286 g/mol. The van der Waals surface area contributed by atoms with Crippen molar-refractivity contribution in [2.24, 2.45) is 11.3 Å². The smallest absolute Gasteiger partial charge is 0.326 e. The van der Waals surface area contributed by atoms with Crippen molar-refractivity contribution < 1.29 is 19.4 Å². The van der Waals surface area contributed by atoms with E-state index in [0.29, 0.717) is 12.5 Å². The topological polar surface area (TPSA) is 87.7 Å². The molecule has 0 aromatic heterocycles. The molecule has 0 bridgehead atoms. The zero-order valence-electron chi connectivity index (χ0n) is 12.7. The van der Waals surface area contributed by atoms with Crippen LogP contribution in [0.25, 0.3) is 0 Å². The number of ether oxygens (including phenoxy) is 1. The summed E-state index contributed by atoms with van der Waals surface area (Å²) < 4.78 is 5.55. The minimum absolute atomic E-state index is 0.188. The molecular weight excluding hydrogens is 260 g/mol. The van der Waals surface area contributed by atoms with Crippen molar-refractivity contribution in [3.05, 3.63) is 0 Å². The Morgan fingerprint density at radius 1 is 1.40 bits per heavy atom. The quantitative estimate of drug-likeness (QED) is 0.716. The second-order valence-electron chi connectivity index (χ2n) is 6.36. The first-order valence-corrected chi connectivity index (χ1v) is 7.14. The third-order valence-corrected chi connectivity index (χ3v) is 3.66. The summed E-state index contributed by atoms with van der Waals surface area (Å²) in [7, 11) is 0. The lowest BCUT2D eigenvalue weighted by Crippen LogP contribution is -2.53. The normalized spacial score (nSPS) is 24.2. The Balaban J connectivity index is 2.44. The molecule has 6 heteroatoms. The molecular formula is C14H26N2O4. The molecule has 0 spiro atoms. The highest BCUT2D eigenvalue weighted by molar-refractivity contribution is 5.83. The molecule has 1 saturated heterocycles. The predicted molar refractivity (Wildman–Crippen MR) is 75.6 cm³/mol. The summed E-state index contributed by atoms with van der Waals surface area (Å²) >= 11 is 0. The van der Waals surface area contributed by atoms with E-state index in [1.807, 2.05) is 0 Å². The van der Waals surface area contributed by atoms with Gasteiger partial charge in [0.05, 0.1) is 6.10 Å². The Kier molecular flexibility index (Phi) is 5.80. The van der Waals surface area contributed by atoms with Gasteiger partial charge in [0.2, 0.25) is 0 Å². The summed E-state index contributed by atoms with van der Waals surface area (Å²) in [6.45, 7) is 8.65. The molecule has 0 saturated carbocycles. The Hall–Kier alpha value is -1.30. The van der Waals surface area contributed by atoms with Crippen molar-refractivity contribution in [1.29, 1.82) is 0 Å². The molecule has 3 N–H and O–H groups in total. The van der Waals surface area contributed by atoms with Gasteiger partial charge >= 0.3 is 12.0 Å². The molecule has 1 heterocycles. The van der Waals surface area contributed by atoms with Crippen molar-refractivity contribution in [2.45, 2.75) is 52.7 Å². The number of aliphatic carboxylic acids is 1. The van der Waals surface area contributed by atoms with Crippen molar-refractivity contribution in [1.82, 2.24) is 10.6 Å². The van der Waals surface area contributed by atoms with Gasteiger partial charge in [0.1, 0.15) is 6.04 Å². The molecule has 0 aliphatic carbocycles. The van der Waals surface area contributed by atoms with Crippen molar-refractivity contribution in [3.8, 4) is 0 Å². The van der Waals surface area contributed by atoms with Gasteiger partial charge in [-0.1, -0.05) is 27.7 Å². The average molecular weight is 286 g/mol.